The number of aliphatic hydroxyl groups is 1. The lowest BCUT2D eigenvalue weighted by molar-refractivity contribution is -0.141. The molecule has 1 aromatic heterocycles. The second-order valence-corrected chi connectivity index (χ2v) is 5.86. The number of amides is 3. The highest BCUT2D eigenvalue weighted by Crippen LogP contribution is 1.98. The predicted molar refractivity (Wildman–Crippen MR) is 95.7 cm³/mol. The molecule has 13 heteroatoms. The zero-order valence-corrected chi connectivity index (χ0v) is 15.1. The van der Waals surface area contributed by atoms with Crippen LogP contribution in [0, 0.1) is 0 Å². The number of rotatable bonds is 11. The summed E-state index contributed by atoms with van der Waals surface area (Å²) >= 11 is 3.85. The minimum absolute atomic E-state index is 0.0219. The molecule has 0 aliphatic rings. The number of nitrogens with one attached hydrogen (secondary N) is 4. The van der Waals surface area contributed by atoms with E-state index < -0.39 is 55.0 Å². The van der Waals surface area contributed by atoms with Gasteiger partial charge in [-0.05, 0) is 0 Å². The summed E-state index contributed by atoms with van der Waals surface area (Å²) in [5, 5.41) is 25.0. The molecule has 0 aromatic carbocycles. The lowest BCUT2D eigenvalue weighted by Gasteiger charge is -2.18. The topological polar surface area (TPSA) is 200 Å². The van der Waals surface area contributed by atoms with Crippen LogP contribution in [0.1, 0.15) is 5.69 Å². The van der Waals surface area contributed by atoms with Gasteiger partial charge in [-0.25, -0.2) is 9.78 Å². The van der Waals surface area contributed by atoms with Crippen LogP contribution < -0.4 is 21.7 Å². The van der Waals surface area contributed by atoms with Gasteiger partial charge in [0.05, 0.1) is 25.5 Å². The van der Waals surface area contributed by atoms with Crippen LogP contribution >= 0.6 is 12.6 Å². The fourth-order valence-corrected chi connectivity index (χ4v) is 2.07. The zero-order valence-electron chi connectivity index (χ0n) is 14.2. The molecule has 3 unspecified atom stereocenters. The largest absolute Gasteiger partial charge is 0.480 e. The highest BCUT2D eigenvalue weighted by Gasteiger charge is 2.24. The summed E-state index contributed by atoms with van der Waals surface area (Å²) in [6.45, 7) is -1.26. The maximum absolute atomic E-state index is 11.9. The Morgan fingerprint density at radius 3 is 2.44 bits per heavy atom. The van der Waals surface area contributed by atoms with Gasteiger partial charge in [0, 0.05) is 24.1 Å². The minimum atomic E-state index is -1.31. The van der Waals surface area contributed by atoms with Crippen molar-refractivity contribution in [3.63, 3.8) is 0 Å². The third-order valence-corrected chi connectivity index (χ3v) is 3.78. The first kappa shape index (κ1) is 22.4. The Morgan fingerprint density at radius 1 is 1.22 bits per heavy atom. The van der Waals surface area contributed by atoms with Gasteiger partial charge < -0.3 is 36.9 Å². The summed E-state index contributed by atoms with van der Waals surface area (Å²) in [6.07, 6.45) is 2.78. The molecule has 1 heterocycles. The molecule has 0 saturated carbocycles. The molecule has 27 heavy (non-hydrogen) atoms. The molecular weight excluding hydrogens is 380 g/mol. The Bertz CT molecular complexity index is 655. The number of hydrogen-bond acceptors (Lipinski definition) is 8. The SMILES string of the molecule is NC(CS)C(=O)NC(CO)C(=O)NCC(=O)NC(Cc1cnc[nH]1)C(=O)O. The molecule has 1 rings (SSSR count). The number of carbonyl (C=O) groups is 4. The van der Waals surface area contributed by atoms with Crippen molar-refractivity contribution >= 4 is 36.3 Å². The lowest BCUT2D eigenvalue weighted by atomic mass is 10.1. The number of carboxylic acid groups (broad SMARTS) is 1. The quantitative estimate of drug-likeness (QED) is 0.173. The van der Waals surface area contributed by atoms with E-state index in [2.05, 4.69) is 38.5 Å². The van der Waals surface area contributed by atoms with Crippen molar-refractivity contribution in [2.45, 2.75) is 24.5 Å². The smallest absolute Gasteiger partial charge is 0.326 e. The molecule has 1 aromatic rings. The second-order valence-electron chi connectivity index (χ2n) is 5.49. The van der Waals surface area contributed by atoms with E-state index in [0.717, 1.165) is 0 Å². The standard InChI is InChI=1S/C14H22N6O6S/c15-8(5-27)12(23)20-10(4-21)13(24)17-3-11(22)19-9(14(25)26)1-7-2-16-6-18-7/h2,6,8-10,21,27H,1,3-5,15H2,(H,16,18)(H,17,24)(H,19,22)(H,20,23)(H,25,26). The maximum Gasteiger partial charge on any atom is 0.326 e. The van der Waals surface area contributed by atoms with E-state index in [1.165, 1.54) is 12.5 Å². The van der Waals surface area contributed by atoms with Gasteiger partial charge in [0.25, 0.3) is 0 Å². The van der Waals surface area contributed by atoms with Gasteiger partial charge in [-0.15, -0.1) is 0 Å². The van der Waals surface area contributed by atoms with Crippen LogP contribution in [0.15, 0.2) is 12.5 Å². The number of H-pyrrole nitrogens is 1. The first-order valence-electron chi connectivity index (χ1n) is 7.83. The van der Waals surface area contributed by atoms with Gasteiger partial charge in [-0.2, -0.15) is 12.6 Å². The lowest BCUT2D eigenvalue weighted by Crippen LogP contribution is -2.55. The molecule has 0 bridgehead atoms. The van der Waals surface area contributed by atoms with Gasteiger partial charge in [0.15, 0.2) is 0 Å². The number of imidazole rings is 1. The first-order valence-corrected chi connectivity index (χ1v) is 8.46. The molecule has 0 fully saturated rings. The Hall–Kier alpha value is -2.64. The molecule has 0 saturated heterocycles. The van der Waals surface area contributed by atoms with Gasteiger partial charge in [-0.1, -0.05) is 0 Å². The van der Waals surface area contributed by atoms with Crippen molar-refractivity contribution in [3.05, 3.63) is 18.2 Å². The zero-order chi connectivity index (χ0) is 20.4. The predicted octanol–water partition coefficient (Wildman–Crippen LogP) is -3.63. The molecule has 12 nitrogen and oxygen atoms in total. The van der Waals surface area contributed by atoms with Gasteiger partial charge in [0.2, 0.25) is 17.7 Å². The summed E-state index contributed by atoms with van der Waals surface area (Å²) in [5.74, 6) is -3.49. The van der Waals surface area contributed by atoms with Crippen LogP contribution in [-0.2, 0) is 25.6 Å². The molecule has 0 radical (unpaired) electrons. The number of aromatic nitrogens is 2. The van der Waals surface area contributed by atoms with Gasteiger partial charge in [0.1, 0.15) is 12.1 Å². The van der Waals surface area contributed by atoms with Crippen molar-refractivity contribution in [1.29, 1.82) is 0 Å². The number of hydrogen-bond donors (Lipinski definition) is 8. The number of aliphatic hydroxyl groups excluding tert-OH is 1. The fourth-order valence-electron chi connectivity index (χ4n) is 1.91. The van der Waals surface area contributed by atoms with E-state index in [4.69, 9.17) is 10.8 Å². The van der Waals surface area contributed by atoms with Crippen molar-refractivity contribution in [3.8, 4) is 0 Å². The van der Waals surface area contributed by atoms with E-state index in [-0.39, 0.29) is 12.2 Å². The van der Waals surface area contributed by atoms with Crippen molar-refractivity contribution < 1.29 is 29.4 Å². The molecule has 3 amide bonds. The minimum Gasteiger partial charge on any atom is -0.480 e. The van der Waals surface area contributed by atoms with Crippen molar-refractivity contribution in [2.75, 3.05) is 18.9 Å². The van der Waals surface area contributed by atoms with Gasteiger partial charge >= 0.3 is 5.97 Å². The Morgan fingerprint density at radius 2 is 1.93 bits per heavy atom. The van der Waals surface area contributed by atoms with Crippen LogP contribution in [0.2, 0.25) is 0 Å². The van der Waals surface area contributed by atoms with E-state index >= 15 is 0 Å². The van der Waals surface area contributed by atoms with E-state index in [0.29, 0.717) is 5.69 Å². The summed E-state index contributed by atoms with van der Waals surface area (Å²) in [5.41, 5.74) is 5.96. The molecule has 0 aliphatic heterocycles. The van der Waals surface area contributed by atoms with E-state index in [9.17, 15) is 24.3 Å². The van der Waals surface area contributed by atoms with Crippen molar-refractivity contribution in [2.24, 2.45) is 5.73 Å². The van der Waals surface area contributed by atoms with Crippen molar-refractivity contribution in [1.82, 2.24) is 25.9 Å². The van der Waals surface area contributed by atoms with Gasteiger partial charge in [-0.3, -0.25) is 14.4 Å². The average molecular weight is 402 g/mol. The summed E-state index contributed by atoms with van der Waals surface area (Å²) in [4.78, 5) is 53.2. The summed E-state index contributed by atoms with van der Waals surface area (Å²) < 4.78 is 0. The molecule has 3 atom stereocenters. The molecular formula is C14H22N6O6S. The first-order chi connectivity index (χ1) is 12.8. The average Bonchev–Trinajstić information content (AvgIpc) is 3.15. The summed E-state index contributed by atoms with van der Waals surface area (Å²) in [7, 11) is 0. The highest BCUT2D eigenvalue weighted by molar-refractivity contribution is 7.80. The van der Waals surface area contributed by atoms with Crippen LogP contribution in [0.25, 0.3) is 0 Å². The van der Waals surface area contributed by atoms with E-state index in [1.807, 2.05) is 0 Å². The Balaban J connectivity index is 2.51. The number of nitrogens with zero attached hydrogens (tertiary/aromatic N) is 1. The number of aliphatic carboxylic acids is 1. The number of carbonyl (C=O) groups excluding carboxylic acids is 3. The molecule has 8 N–H and O–H groups in total. The number of nitrogens with two attached hydrogens (primary N) is 1. The number of aromatic amines is 1. The normalized spacial score (nSPS) is 13.9. The monoisotopic (exact) mass is 402 g/mol. The third kappa shape index (κ3) is 7.64. The number of carboxylic acids is 1. The van der Waals surface area contributed by atoms with Crippen LogP contribution in [0.4, 0.5) is 0 Å². The van der Waals surface area contributed by atoms with Crippen LogP contribution in [0.3, 0.4) is 0 Å². The fraction of sp³-hybridized carbons (Fsp3) is 0.500. The Kier molecular flexibility index (Phi) is 9.25. The second kappa shape index (κ2) is 11.2. The Labute approximate surface area is 159 Å². The summed E-state index contributed by atoms with van der Waals surface area (Å²) in [6, 6.07) is -3.50. The molecule has 0 aliphatic carbocycles. The molecule has 150 valence electrons. The molecule has 0 spiro atoms. The third-order valence-electron chi connectivity index (χ3n) is 3.38. The van der Waals surface area contributed by atoms with E-state index in [1.54, 1.807) is 0 Å². The van der Waals surface area contributed by atoms with Crippen LogP contribution in [0.5, 0.6) is 0 Å². The highest BCUT2D eigenvalue weighted by atomic mass is 32.1. The van der Waals surface area contributed by atoms with Crippen LogP contribution in [-0.4, -0.2) is 80.9 Å². The maximum atomic E-state index is 11.9. The number of thiol groups is 1.